The summed E-state index contributed by atoms with van der Waals surface area (Å²) in [6.07, 6.45) is 4.52. The van der Waals surface area contributed by atoms with Crippen LogP contribution < -0.4 is 5.30 Å². The van der Waals surface area contributed by atoms with Crippen molar-refractivity contribution in [1.29, 1.82) is 0 Å². The molecule has 17 heavy (non-hydrogen) atoms. The highest BCUT2D eigenvalue weighted by Crippen LogP contribution is 2.27. The lowest BCUT2D eigenvalue weighted by Gasteiger charge is -2.23. The third kappa shape index (κ3) is 6.03. The Morgan fingerprint density at radius 2 is 1.82 bits per heavy atom. The molecule has 0 heterocycles. The maximum atomic E-state index is 3.78. The third-order valence-electron chi connectivity index (χ3n) is 2.76. The van der Waals surface area contributed by atoms with Crippen LogP contribution in [0.1, 0.15) is 39.7 Å². The van der Waals surface area contributed by atoms with E-state index in [-0.39, 0.29) is 0 Å². The van der Waals surface area contributed by atoms with E-state index in [0.717, 1.165) is 14.5 Å². The van der Waals surface area contributed by atoms with Gasteiger partial charge in [0.05, 0.1) is 0 Å². The van der Waals surface area contributed by atoms with Gasteiger partial charge >= 0.3 is 0 Å². The molecule has 2 atom stereocenters. The van der Waals surface area contributed by atoms with E-state index >= 15 is 0 Å². The average Bonchev–Trinajstić information content (AvgIpc) is 2.25. The number of rotatable bonds is 5. The standard InChI is InChI=1S/C16H25P/c1-6-14-7-9-15(10-8-14)17-12-13(2)11-16(3,4)5/h6-10,13,17H,1,11-12H2,2-5H3. The van der Waals surface area contributed by atoms with Crippen LogP contribution in [0.15, 0.2) is 30.8 Å². The molecule has 94 valence electrons. The molecule has 1 rings (SSSR count). The Bertz CT molecular complexity index is 343. The predicted octanol–water partition coefficient (Wildman–Crippen LogP) is 4.71. The van der Waals surface area contributed by atoms with Gasteiger partial charge in [-0.15, -0.1) is 0 Å². The van der Waals surface area contributed by atoms with E-state index in [0.29, 0.717) is 5.41 Å². The molecule has 0 spiro atoms. The minimum atomic E-state index is 0.455. The van der Waals surface area contributed by atoms with Crippen molar-refractivity contribution in [1.82, 2.24) is 0 Å². The maximum Gasteiger partial charge on any atom is -0.0262 e. The van der Waals surface area contributed by atoms with E-state index in [4.69, 9.17) is 0 Å². The lowest BCUT2D eigenvalue weighted by Crippen LogP contribution is -2.13. The zero-order chi connectivity index (χ0) is 12.9. The van der Waals surface area contributed by atoms with Gasteiger partial charge < -0.3 is 0 Å². The molecule has 0 nitrogen and oxygen atoms in total. The molecule has 0 aliphatic carbocycles. The van der Waals surface area contributed by atoms with Crippen molar-refractivity contribution in [3.63, 3.8) is 0 Å². The SMILES string of the molecule is C=Cc1ccc(PCC(C)CC(C)(C)C)cc1. The molecule has 0 aromatic heterocycles. The Hall–Kier alpha value is -0.610. The van der Waals surface area contributed by atoms with Crippen LogP contribution in [0.4, 0.5) is 0 Å². The van der Waals surface area contributed by atoms with Crippen LogP contribution >= 0.6 is 8.58 Å². The van der Waals surface area contributed by atoms with Gasteiger partial charge in [-0.05, 0) is 34.8 Å². The van der Waals surface area contributed by atoms with Gasteiger partial charge in [-0.2, -0.15) is 0 Å². The largest absolute Gasteiger partial charge is 0.0985 e. The second-order valence-electron chi connectivity index (χ2n) is 6.08. The fourth-order valence-corrected chi connectivity index (χ4v) is 3.28. The lowest BCUT2D eigenvalue weighted by molar-refractivity contribution is 0.323. The number of hydrogen-bond donors (Lipinski definition) is 0. The summed E-state index contributed by atoms with van der Waals surface area (Å²) in [5.41, 5.74) is 1.66. The van der Waals surface area contributed by atoms with Gasteiger partial charge in [0.2, 0.25) is 0 Å². The minimum Gasteiger partial charge on any atom is -0.0985 e. The highest BCUT2D eigenvalue weighted by atomic mass is 31.1. The summed E-state index contributed by atoms with van der Waals surface area (Å²) in [6, 6.07) is 8.78. The molecule has 1 heteroatoms. The summed E-state index contributed by atoms with van der Waals surface area (Å²) in [5.74, 6) is 0.812. The first-order valence-corrected chi connectivity index (χ1v) is 7.58. The topological polar surface area (TPSA) is 0 Å². The van der Waals surface area contributed by atoms with Gasteiger partial charge in [-0.25, -0.2) is 0 Å². The second kappa shape index (κ2) is 6.36. The molecule has 0 saturated heterocycles. The minimum absolute atomic E-state index is 0.455. The smallest absolute Gasteiger partial charge is 0.0262 e. The van der Waals surface area contributed by atoms with Crippen molar-refractivity contribution >= 4 is 20.0 Å². The molecule has 1 aromatic rings. The van der Waals surface area contributed by atoms with Crippen molar-refractivity contribution < 1.29 is 0 Å². The Morgan fingerprint density at radius 3 is 2.29 bits per heavy atom. The molecule has 0 amide bonds. The van der Waals surface area contributed by atoms with E-state index in [2.05, 4.69) is 58.5 Å². The first-order chi connectivity index (χ1) is 7.90. The quantitative estimate of drug-likeness (QED) is 0.662. The molecule has 0 radical (unpaired) electrons. The summed E-state index contributed by atoms with van der Waals surface area (Å²) in [5, 5.41) is 1.47. The van der Waals surface area contributed by atoms with Crippen LogP contribution in [0, 0.1) is 11.3 Å². The van der Waals surface area contributed by atoms with Crippen LogP contribution in [0.5, 0.6) is 0 Å². The average molecular weight is 248 g/mol. The lowest BCUT2D eigenvalue weighted by atomic mass is 9.86. The number of benzene rings is 1. The molecule has 0 N–H and O–H groups in total. The van der Waals surface area contributed by atoms with E-state index < -0.39 is 0 Å². The number of hydrogen-bond acceptors (Lipinski definition) is 0. The van der Waals surface area contributed by atoms with Crippen molar-refractivity contribution in [3.05, 3.63) is 36.4 Å². The normalized spacial score (nSPS) is 14.1. The van der Waals surface area contributed by atoms with E-state index in [1.165, 1.54) is 23.5 Å². The molecule has 0 bridgehead atoms. The molecule has 2 unspecified atom stereocenters. The Labute approximate surface area is 108 Å². The van der Waals surface area contributed by atoms with E-state index in [9.17, 15) is 0 Å². The second-order valence-corrected chi connectivity index (χ2v) is 7.42. The molecular weight excluding hydrogens is 223 g/mol. The highest BCUT2D eigenvalue weighted by Gasteiger charge is 2.14. The van der Waals surface area contributed by atoms with E-state index in [1.807, 2.05) is 6.08 Å². The van der Waals surface area contributed by atoms with Crippen LogP contribution in [0.2, 0.25) is 0 Å². The summed E-state index contributed by atoms with van der Waals surface area (Å²) < 4.78 is 0. The van der Waals surface area contributed by atoms with Crippen LogP contribution in [0.25, 0.3) is 6.08 Å². The monoisotopic (exact) mass is 248 g/mol. The van der Waals surface area contributed by atoms with Crippen LogP contribution in [0.3, 0.4) is 0 Å². The summed E-state index contributed by atoms with van der Waals surface area (Å²) >= 11 is 0. The Morgan fingerprint density at radius 1 is 1.24 bits per heavy atom. The first-order valence-electron chi connectivity index (χ1n) is 6.37. The van der Waals surface area contributed by atoms with Gasteiger partial charge in [0.1, 0.15) is 0 Å². The van der Waals surface area contributed by atoms with Crippen molar-refractivity contribution in [3.8, 4) is 0 Å². The van der Waals surface area contributed by atoms with Gasteiger partial charge in [0, 0.05) is 0 Å². The van der Waals surface area contributed by atoms with Crippen molar-refractivity contribution in [2.24, 2.45) is 11.3 Å². The van der Waals surface area contributed by atoms with Crippen LogP contribution in [-0.2, 0) is 0 Å². The van der Waals surface area contributed by atoms with Crippen LogP contribution in [-0.4, -0.2) is 6.16 Å². The van der Waals surface area contributed by atoms with Gasteiger partial charge in [-0.3, -0.25) is 0 Å². The maximum absolute atomic E-state index is 3.78. The molecule has 0 saturated carbocycles. The van der Waals surface area contributed by atoms with Crippen molar-refractivity contribution in [2.75, 3.05) is 6.16 Å². The molecule has 0 aliphatic rings. The molecule has 0 fully saturated rings. The Balaban J connectivity index is 2.41. The van der Waals surface area contributed by atoms with Gasteiger partial charge in [0.15, 0.2) is 0 Å². The summed E-state index contributed by atoms with van der Waals surface area (Å²) in [6.45, 7) is 13.1. The van der Waals surface area contributed by atoms with Gasteiger partial charge in [-0.1, -0.05) is 73.2 Å². The molecule has 0 aliphatic heterocycles. The molecular formula is C16H25P. The zero-order valence-electron chi connectivity index (χ0n) is 11.6. The zero-order valence-corrected chi connectivity index (χ0v) is 12.6. The summed E-state index contributed by atoms with van der Waals surface area (Å²) in [7, 11) is 0.934. The third-order valence-corrected chi connectivity index (χ3v) is 4.40. The van der Waals surface area contributed by atoms with E-state index in [1.54, 1.807) is 0 Å². The summed E-state index contributed by atoms with van der Waals surface area (Å²) in [4.78, 5) is 0. The highest BCUT2D eigenvalue weighted by molar-refractivity contribution is 7.47. The predicted molar refractivity (Wildman–Crippen MR) is 82.6 cm³/mol. The first kappa shape index (κ1) is 14.5. The van der Waals surface area contributed by atoms with Gasteiger partial charge in [0.25, 0.3) is 0 Å². The fraction of sp³-hybridized carbons (Fsp3) is 0.500. The Kier molecular flexibility index (Phi) is 5.40. The molecule has 1 aromatic carbocycles. The van der Waals surface area contributed by atoms with Crippen molar-refractivity contribution in [2.45, 2.75) is 34.1 Å². The fourth-order valence-electron chi connectivity index (χ4n) is 2.15.